The zero-order valence-corrected chi connectivity index (χ0v) is 17.9. The molecule has 0 aliphatic carbocycles. The maximum Gasteiger partial charge on any atom is 0.304 e. The quantitative estimate of drug-likeness (QED) is 0.294. The van der Waals surface area contributed by atoms with Gasteiger partial charge in [0.1, 0.15) is 0 Å². The Hall–Kier alpha value is -1.69. The molecule has 0 fully saturated rings. The van der Waals surface area contributed by atoms with Crippen LogP contribution in [-0.4, -0.2) is 31.8 Å². The minimum Gasteiger partial charge on any atom is -0.437 e. The summed E-state index contributed by atoms with van der Waals surface area (Å²) in [5.41, 5.74) is 0. The van der Waals surface area contributed by atoms with Gasteiger partial charge >= 0.3 is 5.97 Å². The summed E-state index contributed by atoms with van der Waals surface area (Å²) in [7, 11) is -2.07. The topological polar surface area (TPSA) is 55.8 Å². The van der Waals surface area contributed by atoms with Crippen molar-refractivity contribution in [3.8, 4) is 0 Å². The Labute approximate surface area is 167 Å². The number of allylic oxidation sites excluding steroid dienone is 2. The van der Waals surface area contributed by atoms with Crippen molar-refractivity contribution < 1.29 is 19.1 Å². The lowest BCUT2D eigenvalue weighted by molar-refractivity contribution is -0.161. The van der Waals surface area contributed by atoms with Crippen molar-refractivity contribution in [1.82, 2.24) is 0 Å². The molecule has 0 heterocycles. The van der Waals surface area contributed by atoms with Gasteiger partial charge in [-0.05, 0) is 45.5 Å². The fraction of sp³-hybridized carbons (Fsp3) is 0.500. The van der Waals surface area contributed by atoms with E-state index in [9.17, 15) is 4.79 Å². The lowest BCUT2D eigenvalue weighted by atomic mass is 10.3. The Morgan fingerprint density at radius 2 is 1.63 bits per heavy atom. The second kappa shape index (κ2) is 15.4. The molecule has 0 radical (unpaired) electrons. The third kappa shape index (κ3) is 14.1. The van der Waals surface area contributed by atoms with Crippen molar-refractivity contribution in [3.63, 3.8) is 0 Å². The number of ether oxygens (including phenoxy) is 1. The third-order valence-electron chi connectivity index (χ3n) is 3.47. The molecule has 154 valence electrons. The summed E-state index contributed by atoms with van der Waals surface area (Å²) in [5.74, 6) is -0.313. The number of hydrogen-bond acceptors (Lipinski definition) is 4. The average Bonchev–Trinajstić information content (AvgIpc) is 2.58. The Bertz CT molecular complexity index is 551. The van der Waals surface area contributed by atoms with E-state index >= 15 is 0 Å². The zero-order valence-electron chi connectivity index (χ0n) is 16.9. The Morgan fingerprint density at radius 3 is 2.04 bits per heavy atom. The normalized spacial score (nSPS) is 13.4. The van der Waals surface area contributed by atoms with Gasteiger partial charge in [-0.25, -0.2) is 0 Å². The fourth-order valence-corrected chi connectivity index (χ4v) is 4.05. The van der Waals surface area contributed by atoms with Crippen LogP contribution in [0.1, 0.15) is 48.0 Å². The molecule has 5 heteroatoms. The number of aliphatic hydroxyl groups is 1. The van der Waals surface area contributed by atoms with E-state index in [2.05, 4.69) is 25.2 Å². The van der Waals surface area contributed by atoms with Crippen LogP contribution in [-0.2, 0) is 14.0 Å². The van der Waals surface area contributed by atoms with Gasteiger partial charge < -0.3 is 14.3 Å². The van der Waals surface area contributed by atoms with Crippen molar-refractivity contribution in [2.24, 2.45) is 0 Å². The predicted octanol–water partition coefficient (Wildman–Crippen LogP) is 4.94. The molecule has 1 rings (SSSR count). The predicted molar refractivity (Wildman–Crippen MR) is 117 cm³/mol. The summed E-state index contributed by atoms with van der Waals surface area (Å²) in [4.78, 5) is 11.1. The van der Waals surface area contributed by atoms with E-state index in [4.69, 9.17) is 14.3 Å². The molecular weight excluding hydrogens is 356 g/mol. The van der Waals surface area contributed by atoms with Gasteiger partial charge in [0.05, 0.1) is 6.10 Å². The summed E-state index contributed by atoms with van der Waals surface area (Å²) < 4.78 is 11.3. The highest BCUT2D eigenvalue weighted by molar-refractivity contribution is 6.84. The molecule has 2 unspecified atom stereocenters. The summed E-state index contributed by atoms with van der Waals surface area (Å²) in [6.45, 7) is 11.3. The van der Waals surface area contributed by atoms with Gasteiger partial charge in [0, 0.05) is 13.3 Å². The summed E-state index contributed by atoms with van der Waals surface area (Å²) in [6, 6.07) is 10.1. The van der Waals surface area contributed by atoms with Gasteiger partial charge in [0.15, 0.2) is 6.29 Å². The van der Waals surface area contributed by atoms with Crippen LogP contribution in [0.3, 0.4) is 0 Å². The molecule has 0 bridgehead atoms. The smallest absolute Gasteiger partial charge is 0.304 e. The molecule has 1 aromatic carbocycles. The van der Waals surface area contributed by atoms with Crippen LogP contribution in [0.15, 0.2) is 54.6 Å². The molecule has 0 aromatic heterocycles. The summed E-state index contributed by atoms with van der Waals surface area (Å²) >= 11 is 0. The molecular formula is C22H38O4Si. The number of rotatable bonds is 8. The first-order valence-corrected chi connectivity index (χ1v) is 11.9. The van der Waals surface area contributed by atoms with E-state index in [0.717, 1.165) is 6.42 Å². The van der Waals surface area contributed by atoms with E-state index in [0.29, 0.717) is 6.42 Å². The highest BCUT2D eigenvalue weighted by Crippen LogP contribution is 2.13. The maximum absolute atomic E-state index is 11.1. The number of carbonyl (C=O) groups is 1. The van der Waals surface area contributed by atoms with E-state index in [1.54, 1.807) is 6.92 Å². The summed E-state index contributed by atoms with van der Waals surface area (Å²) in [5, 5.41) is 9.82. The fourth-order valence-electron chi connectivity index (χ4n) is 2.12. The van der Waals surface area contributed by atoms with Gasteiger partial charge in [0.25, 0.3) is 0 Å². The first-order chi connectivity index (χ1) is 12.2. The molecule has 1 N–H and O–H groups in total. The second-order valence-electron chi connectivity index (χ2n) is 6.49. The lowest BCUT2D eigenvalue weighted by Gasteiger charge is -2.28. The molecule has 4 nitrogen and oxygen atoms in total. The van der Waals surface area contributed by atoms with Crippen LogP contribution in [0.5, 0.6) is 0 Å². The van der Waals surface area contributed by atoms with Crippen LogP contribution in [0.25, 0.3) is 0 Å². The largest absolute Gasteiger partial charge is 0.437 e. The van der Waals surface area contributed by atoms with Gasteiger partial charge in [-0.1, -0.05) is 62.1 Å². The van der Waals surface area contributed by atoms with E-state index in [1.165, 1.54) is 12.1 Å². The van der Waals surface area contributed by atoms with Crippen LogP contribution in [0, 0.1) is 0 Å². The van der Waals surface area contributed by atoms with Crippen LogP contribution < -0.4 is 5.19 Å². The highest BCUT2D eigenvalue weighted by Gasteiger charge is 2.29. The van der Waals surface area contributed by atoms with Gasteiger partial charge in [-0.2, -0.15) is 0 Å². The Kier molecular flexibility index (Phi) is 15.7. The molecule has 1 aromatic rings. The first kappa shape index (κ1) is 27.5. The van der Waals surface area contributed by atoms with E-state index in [-0.39, 0.29) is 19.5 Å². The zero-order chi connectivity index (χ0) is 20.0. The van der Waals surface area contributed by atoms with E-state index in [1.807, 2.05) is 56.4 Å². The van der Waals surface area contributed by atoms with Crippen molar-refractivity contribution in [2.75, 3.05) is 0 Å². The molecule has 2 atom stereocenters. The molecule has 0 saturated carbocycles. The molecule has 0 amide bonds. The number of benzene rings is 1. The number of esters is 1. The summed E-state index contributed by atoms with van der Waals surface area (Å²) in [6.07, 6.45) is 8.43. The first-order valence-electron chi connectivity index (χ1n) is 9.03. The van der Waals surface area contributed by atoms with E-state index < -0.39 is 14.6 Å². The standard InChI is InChI=1S/C15H22O3Si.C6H12O.CH4/c1-5-6-12-15(17-13(2)16)18-19(3,4)14-10-8-7-9-11-14;1-3-4-5-6(2)7;/h5-11,15H,12H2,1-4H3;3-4,6-7H,5H2,1-2H3;1H4/b6-5-;4-3-;. The third-order valence-corrected chi connectivity index (χ3v) is 6.05. The second-order valence-corrected chi connectivity index (χ2v) is 10.3. The van der Waals surface area contributed by atoms with Gasteiger partial charge in [-0.15, -0.1) is 0 Å². The van der Waals surface area contributed by atoms with Gasteiger partial charge in [-0.3, -0.25) is 4.79 Å². The monoisotopic (exact) mass is 394 g/mol. The molecule has 0 aliphatic heterocycles. The van der Waals surface area contributed by atoms with Crippen molar-refractivity contribution in [3.05, 3.63) is 54.6 Å². The molecule has 0 saturated heterocycles. The Balaban J connectivity index is 0. The number of aliphatic hydroxyl groups excluding tert-OH is 1. The molecule has 0 aliphatic rings. The van der Waals surface area contributed by atoms with Crippen LogP contribution >= 0.6 is 0 Å². The molecule has 0 spiro atoms. The van der Waals surface area contributed by atoms with Crippen LogP contribution in [0.4, 0.5) is 0 Å². The average molecular weight is 395 g/mol. The lowest BCUT2D eigenvalue weighted by Crippen LogP contribution is -2.48. The number of carbonyl (C=O) groups excluding carboxylic acids is 1. The SMILES string of the molecule is C.C/C=C\CC(C)O.C/C=C\CC(OC(C)=O)O[Si](C)(C)c1ccccc1. The van der Waals surface area contributed by atoms with Gasteiger partial charge in [0.2, 0.25) is 8.32 Å². The molecule has 27 heavy (non-hydrogen) atoms. The highest BCUT2D eigenvalue weighted by atomic mass is 28.4. The number of hydrogen-bond donors (Lipinski definition) is 1. The minimum atomic E-state index is -2.07. The maximum atomic E-state index is 11.1. The Morgan fingerprint density at radius 1 is 1.11 bits per heavy atom. The van der Waals surface area contributed by atoms with Crippen molar-refractivity contribution in [2.45, 2.75) is 73.5 Å². The van der Waals surface area contributed by atoms with Crippen molar-refractivity contribution in [1.29, 1.82) is 0 Å². The minimum absolute atomic E-state index is 0. The van der Waals surface area contributed by atoms with Crippen LogP contribution in [0.2, 0.25) is 13.1 Å². The van der Waals surface area contributed by atoms with Crippen molar-refractivity contribution >= 4 is 19.5 Å².